The van der Waals surface area contributed by atoms with Crippen molar-refractivity contribution in [1.82, 2.24) is 0 Å². The van der Waals surface area contributed by atoms with Crippen molar-refractivity contribution in [1.29, 1.82) is 0 Å². The third-order valence-electron chi connectivity index (χ3n) is 3.39. The van der Waals surface area contributed by atoms with Crippen LogP contribution in [0.4, 0.5) is 5.69 Å². The molecule has 1 aliphatic rings. The van der Waals surface area contributed by atoms with E-state index in [0.717, 1.165) is 36.2 Å². The van der Waals surface area contributed by atoms with Crippen molar-refractivity contribution in [3.63, 3.8) is 0 Å². The molecule has 1 saturated heterocycles. The number of hydrogen-bond acceptors (Lipinski definition) is 3. The summed E-state index contributed by atoms with van der Waals surface area (Å²) in [7, 11) is 0. The van der Waals surface area contributed by atoms with E-state index in [-0.39, 0.29) is 0 Å². The Kier molecular flexibility index (Phi) is 4.65. The highest BCUT2D eigenvalue weighted by atomic mass is 79.9. The molecule has 18 heavy (non-hydrogen) atoms. The van der Waals surface area contributed by atoms with Crippen molar-refractivity contribution in [2.75, 3.05) is 24.6 Å². The van der Waals surface area contributed by atoms with Gasteiger partial charge < -0.3 is 14.7 Å². The lowest BCUT2D eigenvalue weighted by atomic mass is 10.1. The summed E-state index contributed by atoms with van der Waals surface area (Å²) in [5.74, 6) is 0. The summed E-state index contributed by atoms with van der Waals surface area (Å²) in [6.45, 7) is 6.59. The molecule has 0 bridgehead atoms. The summed E-state index contributed by atoms with van der Waals surface area (Å²) in [5, 5.41) is 9.62. The Hall–Kier alpha value is -0.580. The second-order valence-electron chi connectivity index (χ2n) is 4.73. The Bertz CT molecular complexity index is 409. The maximum absolute atomic E-state index is 9.62. The predicted octanol–water partition coefficient (Wildman–Crippen LogP) is 3.12. The van der Waals surface area contributed by atoms with Gasteiger partial charge in [0.05, 0.1) is 18.8 Å². The first-order valence-corrected chi connectivity index (χ1v) is 7.25. The number of morpholine rings is 1. The molecular weight excluding hydrogens is 294 g/mol. The Morgan fingerprint density at radius 3 is 2.94 bits per heavy atom. The molecule has 1 aromatic rings. The van der Waals surface area contributed by atoms with E-state index in [9.17, 15) is 5.11 Å². The molecule has 1 aliphatic heterocycles. The molecule has 2 atom stereocenters. The summed E-state index contributed by atoms with van der Waals surface area (Å²) in [5.41, 5.74) is 2.12. The molecule has 100 valence electrons. The first-order valence-electron chi connectivity index (χ1n) is 6.46. The highest BCUT2D eigenvalue weighted by Gasteiger charge is 2.20. The van der Waals surface area contributed by atoms with Gasteiger partial charge >= 0.3 is 0 Å². The van der Waals surface area contributed by atoms with Crippen LogP contribution < -0.4 is 4.90 Å². The summed E-state index contributed by atoms with van der Waals surface area (Å²) in [6, 6.07) is 6.14. The monoisotopic (exact) mass is 313 g/mol. The van der Waals surface area contributed by atoms with Gasteiger partial charge in [0, 0.05) is 23.2 Å². The molecule has 0 spiro atoms. The van der Waals surface area contributed by atoms with Crippen LogP contribution in [0.5, 0.6) is 0 Å². The predicted molar refractivity (Wildman–Crippen MR) is 77.0 cm³/mol. The molecule has 0 saturated carbocycles. The molecule has 0 aromatic heterocycles. The van der Waals surface area contributed by atoms with E-state index >= 15 is 0 Å². The van der Waals surface area contributed by atoms with Gasteiger partial charge in [0.25, 0.3) is 0 Å². The number of aliphatic hydroxyl groups is 1. The van der Waals surface area contributed by atoms with E-state index in [1.54, 1.807) is 6.92 Å². The number of aliphatic hydroxyl groups excluding tert-OH is 1. The van der Waals surface area contributed by atoms with Crippen LogP contribution in [0.2, 0.25) is 0 Å². The molecular formula is C14H20BrNO2. The molecule has 4 heteroatoms. The third-order valence-corrected chi connectivity index (χ3v) is 4.08. The van der Waals surface area contributed by atoms with Crippen LogP contribution in [0.25, 0.3) is 0 Å². The number of anilines is 1. The minimum absolute atomic E-state index is 0.328. The number of rotatable bonds is 3. The van der Waals surface area contributed by atoms with Gasteiger partial charge in [-0.2, -0.15) is 0 Å². The molecule has 1 heterocycles. The van der Waals surface area contributed by atoms with Crippen LogP contribution >= 0.6 is 15.9 Å². The summed E-state index contributed by atoms with van der Waals surface area (Å²) < 4.78 is 6.64. The zero-order chi connectivity index (χ0) is 13.1. The normalized spacial score (nSPS) is 22.0. The highest BCUT2D eigenvalue weighted by Crippen LogP contribution is 2.29. The molecule has 1 N–H and O–H groups in total. The molecule has 1 fully saturated rings. The topological polar surface area (TPSA) is 32.7 Å². The van der Waals surface area contributed by atoms with Crippen LogP contribution in [0.15, 0.2) is 22.7 Å². The van der Waals surface area contributed by atoms with Crippen molar-refractivity contribution < 1.29 is 9.84 Å². The number of halogens is 1. The van der Waals surface area contributed by atoms with E-state index in [1.165, 1.54) is 5.69 Å². The second-order valence-corrected chi connectivity index (χ2v) is 5.58. The van der Waals surface area contributed by atoms with Crippen molar-refractivity contribution in [3.05, 3.63) is 28.2 Å². The van der Waals surface area contributed by atoms with Crippen LogP contribution in [-0.2, 0) is 4.74 Å². The first-order chi connectivity index (χ1) is 8.61. The summed E-state index contributed by atoms with van der Waals surface area (Å²) in [6.07, 6.45) is 0.930. The van der Waals surface area contributed by atoms with E-state index in [2.05, 4.69) is 39.9 Å². The van der Waals surface area contributed by atoms with Gasteiger partial charge in [-0.1, -0.05) is 28.9 Å². The number of benzene rings is 1. The molecule has 1 aromatic carbocycles. The maximum Gasteiger partial charge on any atom is 0.0772 e. The van der Waals surface area contributed by atoms with E-state index < -0.39 is 6.10 Å². The van der Waals surface area contributed by atoms with Gasteiger partial charge in [-0.15, -0.1) is 0 Å². The highest BCUT2D eigenvalue weighted by molar-refractivity contribution is 9.10. The van der Waals surface area contributed by atoms with Gasteiger partial charge in [-0.3, -0.25) is 0 Å². The zero-order valence-corrected chi connectivity index (χ0v) is 12.5. The fraction of sp³-hybridized carbons (Fsp3) is 0.571. The van der Waals surface area contributed by atoms with Crippen molar-refractivity contribution in [3.8, 4) is 0 Å². The molecule has 0 radical (unpaired) electrons. The molecule has 2 rings (SSSR count). The third kappa shape index (κ3) is 3.05. The molecule has 0 amide bonds. The van der Waals surface area contributed by atoms with Gasteiger partial charge in [0.2, 0.25) is 0 Å². The van der Waals surface area contributed by atoms with Gasteiger partial charge in [-0.05, 0) is 31.0 Å². The fourth-order valence-corrected chi connectivity index (χ4v) is 2.95. The van der Waals surface area contributed by atoms with Gasteiger partial charge in [-0.25, -0.2) is 0 Å². The van der Waals surface area contributed by atoms with Crippen LogP contribution in [0.1, 0.15) is 31.9 Å². The SMILES string of the molecule is CCC1CN(c2ccc([C@H](C)O)c(Br)c2)CCO1. The number of ether oxygens (including phenoxy) is 1. The molecule has 1 unspecified atom stereocenters. The van der Waals surface area contributed by atoms with Crippen LogP contribution in [0.3, 0.4) is 0 Å². The largest absolute Gasteiger partial charge is 0.389 e. The maximum atomic E-state index is 9.62. The van der Waals surface area contributed by atoms with Crippen molar-refractivity contribution in [2.24, 2.45) is 0 Å². The quantitative estimate of drug-likeness (QED) is 0.930. The first kappa shape index (κ1) is 13.8. The van der Waals surface area contributed by atoms with Crippen LogP contribution in [0, 0.1) is 0 Å². The molecule has 0 aliphatic carbocycles. The van der Waals surface area contributed by atoms with Crippen molar-refractivity contribution >= 4 is 21.6 Å². The Morgan fingerprint density at radius 2 is 2.33 bits per heavy atom. The smallest absolute Gasteiger partial charge is 0.0772 e. The van der Waals surface area contributed by atoms with Crippen molar-refractivity contribution in [2.45, 2.75) is 32.5 Å². The Labute approximate surface area is 117 Å². The summed E-state index contributed by atoms with van der Waals surface area (Å²) in [4.78, 5) is 2.34. The van der Waals surface area contributed by atoms with E-state index in [1.807, 2.05) is 6.07 Å². The fourth-order valence-electron chi connectivity index (χ4n) is 2.25. The number of hydrogen-bond donors (Lipinski definition) is 1. The van der Waals surface area contributed by atoms with Gasteiger partial charge in [0.15, 0.2) is 0 Å². The average Bonchev–Trinajstić information content (AvgIpc) is 2.38. The average molecular weight is 314 g/mol. The Balaban J connectivity index is 2.16. The second kappa shape index (κ2) is 6.04. The minimum Gasteiger partial charge on any atom is -0.389 e. The lowest BCUT2D eigenvalue weighted by molar-refractivity contribution is 0.0384. The van der Waals surface area contributed by atoms with E-state index in [0.29, 0.717) is 6.10 Å². The van der Waals surface area contributed by atoms with Gasteiger partial charge in [0.1, 0.15) is 0 Å². The Morgan fingerprint density at radius 1 is 1.56 bits per heavy atom. The zero-order valence-electron chi connectivity index (χ0n) is 10.9. The minimum atomic E-state index is -0.443. The molecule has 3 nitrogen and oxygen atoms in total. The standard InChI is InChI=1S/C14H20BrNO2/c1-3-12-9-16(6-7-18-12)11-4-5-13(10(2)17)14(15)8-11/h4-5,8,10,12,17H,3,6-7,9H2,1-2H3/t10-,12?/m0/s1. The lowest BCUT2D eigenvalue weighted by Crippen LogP contribution is -2.42. The summed E-state index contributed by atoms with van der Waals surface area (Å²) >= 11 is 3.53. The number of nitrogens with zero attached hydrogens (tertiary/aromatic N) is 1. The lowest BCUT2D eigenvalue weighted by Gasteiger charge is -2.34. The van der Waals surface area contributed by atoms with E-state index in [4.69, 9.17) is 4.74 Å². The van der Waals surface area contributed by atoms with Crippen LogP contribution in [-0.4, -0.2) is 30.9 Å².